The number of benzene rings is 1. The van der Waals surface area contributed by atoms with Gasteiger partial charge in [0.25, 0.3) is 5.91 Å². The molecule has 3 N–H and O–H groups in total. The summed E-state index contributed by atoms with van der Waals surface area (Å²) in [4.78, 5) is 11.0. The minimum atomic E-state index is -0.523. The average molecular weight is 207 g/mol. The van der Waals surface area contributed by atoms with Crippen molar-refractivity contribution in [2.75, 3.05) is 7.05 Å². The number of carbonyl (C=O) groups is 1. The molecule has 0 aromatic heterocycles. The van der Waals surface area contributed by atoms with Gasteiger partial charge in [-0.2, -0.15) is 5.10 Å². The van der Waals surface area contributed by atoms with E-state index in [2.05, 4.69) is 10.5 Å². The van der Waals surface area contributed by atoms with Crippen LogP contribution in [0.25, 0.3) is 0 Å². The largest absolute Gasteiger partial charge is 0.313 e. The minimum absolute atomic E-state index is 0.401. The van der Waals surface area contributed by atoms with Crippen molar-refractivity contribution in [3.05, 3.63) is 35.4 Å². The second-order valence-corrected chi connectivity index (χ2v) is 2.94. The quantitative estimate of drug-likeness (QED) is 0.389. The number of hydrazone groups is 1. The lowest BCUT2D eigenvalue weighted by atomic mass is 10.1. The van der Waals surface area contributed by atoms with Crippen LogP contribution in [0.4, 0.5) is 0 Å². The lowest BCUT2D eigenvalue weighted by Gasteiger charge is -2.02. The molecule has 15 heavy (non-hydrogen) atoms. The fourth-order valence-corrected chi connectivity index (χ4v) is 1.16. The number of hydrogen-bond donors (Lipinski definition) is 3. The van der Waals surface area contributed by atoms with Gasteiger partial charge in [0, 0.05) is 12.6 Å². The van der Waals surface area contributed by atoms with Crippen LogP contribution >= 0.6 is 0 Å². The lowest BCUT2D eigenvalue weighted by molar-refractivity contribution is 0.0706. The van der Waals surface area contributed by atoms with Crippen LogP contribution in [0.1, 0.15) is 22.8 Å². The van der Waals surface area contributed by atoms with Gasteiger partial charge in [-0.1, -0.05) is 12.1 Å². The lowest BCUT2D eigenvalue weighted by Crippen LogP contribution is -2.18. The summed E-state index contributed by atoms with van der Waals surface area (Å²) in [6, 6.07) is 6.77. The maximum atomic E-state index is 11.0. The SMILES string of the molecule is CN/N=C(\C)c1ccc(C(=O)NO)cc1. The third-order valence-electron chi connectivity index (χ3n) is 1.95. The topological polar surface area (TPSA) is 73.7 Å². The van der Waals surface area contributed by atoms with E-state index >= 15 is 0 Å². The van der Waals surface area contributed by atoms with E-state index < -0.39 is 5.91 Å². The first-order valence-corrected chi connectivity index (χ1v) is 4.45. The van der Waals surface area contributed by atoms with Gasteiger partial charge in [0.05, 0.1) is 5.71 Å². The van der Waals surface area contributed by atoms with Gasteiger partial charge in [-0.25, -0.2) is 5.48 Å². The highest BCUT2D eigenvalue weighted by Gasteiger charge is 2.03. The van der Waals surface area contributed by atoms with Crippen LogP contribution in [0.5, 0.6) is 0 Å². The fourth-order valence-electron chi connectivity index (χ4n) is 1.16. The fraction of sp³-hybridized carbons (Fsp3) is 0.200. The summed E-state index contributed by atoms with van der Waals surface area (Å²) in [5.41, 5.74) is 6.40. The zero-order valence-corrected chi connectivity index (χ0v) is 8.61. The average Bonchev–Trinajstić information content (AvgIpc) is 2.28. The van der Waals surface area contributed by atoms with E-state index in [9.17, 15) is 4.79 Å². The molecule has 0 atom stereocenters. The van der Waals surface area contributed by atoms with E-state index in [1.165, 1.54) is 0 Å². The molecule has 0 fully saturated rings. The molecule has 0 saturated carbocycles. The zero-order valence-electron chi connectivity index (χ0n) is 8.61. The Morgan fingerprint density at radius 2 is 1.80 bits per heavy atom. The monoisotopic (exact) mass is 207 g/mol. The van der Waals surface area contributed by atoms with Crippen molar-refractivity contribution in [3.63, 3.8) is 0 Å². The molecule has 0 saturated heterocycles. The first-order valence-electron chi connectivity index (χ1n) is 4.45. The van der Waals surface area contributed by atoms with E-state index in [1.54, 1.807) is 36.8 Å². The number of amides is 1. The van der Waals surface area contributed by atoms with Gasteiger partial charge in [-0.3, -0.25) is 10.0 Å². The highest BCUT2D eigenvalue weighted by Crippen LogP contribution is 2.05. The molecule has 0 aliphatic carbocycles. The summed E-state index contributed by atoms with van der Waals surface area (Å²) in [6.45, 7) is 1.86. The molecule has 0 bridgehead atoms. The summed E-state index contributed by atoms with van der Waals surface area (Å²) < 4.78 is 0. The third-order valence-corrected chi connectivity index (χ3v) is 1.95. The second-order valence-electron chi connectivity index (χ2n) is 2.94. The van der Waals surface area contributed by atoms with E-state index in [0.717, 1.165) is 11.3 Å². The van der Waals surface area contributed by atoms with E-state index in [-0.39, 0.29) is 0 Å². The molecule has 5 nitrogen and oxygen atoms in total. The van der Waals surface area contributed by atoms with Gasteiger partial charge in [-0.05, 0) is 24.6 Å². The maximum Gasteiger partial charge on any atom is 0.274 e. The van der Waals surface area contributed by atoms with Crippen LogP contribution < -0.4 is 10.9 Å². The normalized spacial score (nSPS) is 11.0. The second kappa shape index (κ2) is 5.11. The smallest absolute Gasteiger partial charge is 0.274 e. The third kappa shape index (κ3) is 2.78. The Labute approximate surface area is 87.8 Å². The molecule has 0 heterocycles. The van der Waals surface area contributed by atoms with Gasteiger partial charge in [0.2, 0.25) is 0 Å². The molecule has 1 aromatic carbocycles. The highest BCUT2D eigenvalue weighted by atomic mass is 16.5. The van der Waals surface area contributed by atoms with Crippen LogP contribution in [0, 0.1) is 0 Å². The molecule has 0 spiro atoms. The summed E-state index contributed by atoms with van der Waals surface area (Å²) >= 11 is 0. The summed E-state index contributed by atoms with van der Waals surface area (Å²) in [6.07, 6.45) is 0. The molecular formula is C10H13N3O2. The number of nitrogens with one attached hydrogen (secondary N) is 2. The number of hydrogen-bond acceptors (Lipinski definition) is 4. The molecular weight excluding hydrogens is 194 g/mol. The molecule has 1 amide bonds. The van der Waals surface area contributed by atoms with Crippen molar-refractivity contribution in [1.82, 2.24) is 10.9 Å². The van der Waals surface area contributed by atoms with Crippen molar-refractivity contribution in [2.45, 2.75) is 6.92 Å². The van der Waals surface area contributed by atoms with Crippen LogP contribution in [0.15, 0.2) is 29.4 Å². The highest BCUT2D eigenvalue weighted by molar-refractivity contribution is 6.00. The molecule has 0 aliphatic heterocycles. The molecule has 5 heteroatoms. The molecule has 0 aliphatic rings. The Kier molecular flexibility index (Phi) is 3.82. The predicted molar refractivity (Wildman–Crippen MR) is 57.0 cm³/mol. The van der Waals surface area contributed by atoms with E-state index in [1.807, 2.05) is 6.92 Å². The maximum absolute atomic E-state index is 11.0. The Hall–Kier alpha value is -1.88. The number of nitrogens with zero attached hydrogens (tertiary/aromatic N) is 1. The molecule has 1 rings (SSSR count). The van der Waals surface area contributed by atoms with Gasteiger partial charge < -0.3 is 5.43 Å². The van der Waals surface area contributed by atoms with E-state index in [0.29, 0.717) is 5.56 Å². The molecule has 0 radical (unpaired) electrons. The number of rotatable bonds is 3. The van der Waals surface area contributed by atoms with Crippen molar-refractivity contribution in [2.24, 2.45) is 5.10 Å². The van der Waals surface area contributed by atoms with E-state index in [4.69, 9.17) is 5.21 Å². The van der Waals surface area contributed by atoms with Crippen LogP contribution in [0.3, 0.4) is 0 Å². The first kappa shape index (κ1) is 11.2. The van der Waals surface area contributed by atoms with Gasteiger partial charge in [-0.15, -0.1) is 0 Å². The number of hydroxylamine groups is 1. The Bertz CT molecular complexity index is 371. The van der Waals surface area contributed by atoms with Gasteiger partial charge in [0.15, 0.2) is 0 Å². The van der Waals surface area contributed by atoms with Crippen molar-refractivity contribution < 1.29 is 10.0 Å². The molecule has 1 aromatic rings. The van der Waals surface area contributed by atoms with Crippen molar-refractivity contribution in [1.29, 1.82) is 0 Å². The standard InChI is InChI=1S/C10H13N3O2/c1-7(12-11-2)8-3-5-9(6-4-8)10(14)13-15/h3-6,11,15H,1-2H3,(H,13,14)/b12-7+. The molecule has 80 valence electrons. The van der Waals surface area contributed by atoms with Crippen molar-refractivity contribution in [3.8, 4) is 0 Å². The van der Waals surface area contributed by atoms with Crippen molar-refractivity contribution >= 4 is 11.6 Å². The number of carbonyl (C=O) groups excluding carboxylic acids is 1. The summed E-state index contributed by atoms with van der Waals surface area (Å²) in [5, 5.41) is 12.4. The van der Waals surface area contributed by atoms with Crippen LogP contribution in [-0.4, -0.2) is 23.9 Å². The summed E-state index contributed by atoms with van der Waals surface area (Å²) in [7, 11) is 1.72. The Morgan fingerprint density at radius 3 is 2.27 bits per heavy atom. The Morgan fingerprint density at radius 1 is 1.27 bits per heavy atom. The Balaban J connectivity index is 2.90. The van der Waals surface area contributed by atoms with Gasteiger partial charge in [0.1, 0.15) is 0 Å². The zero-order chi connectivity index (χ0) is 11.3. The van der Waals surface area contributed by atoms with Crippen LogP contribution in [-0.2, 0) is 0 Å². The minimum Gasteiger partial charge on any atom is -0.313 e. The predicted octanol–water partition coefficient (Wildman–Crippen LogP) is 0.749. The van der Waals surface area contributed by atoms with Gasteiger partial charge >= 0.3 is 0 Å². The molecule has 0 unspecified atom stereocenters. The first-order chi connectivity index (χ1) is 7.19. The summed E-state index contributed by atoms with van der Waals surface area (Å²) in [5.74, 6) is -0.523. The van der Waals surface area contributed by atoms with Crippen LogP contribution in [0.2, 0.25) is 0 Å².